The quantitative estimate of drug-likeness (QED) is 0.326. The smallest absolute Gasteiger partial charge is 0.493 e. The molecule has 0 saturated carbocycles. The molecule has 0 unspecified atom stereocenters. The predicted octanol–water partition coefficient (Wildman–Crippen LogP) is 4.33. The summed E-state index contributed by atoms with van der Waals surface area (Å²) in [5.41, 5.74) is 7.32. The topological polar surface area (TPSA) is 85.7 Å². The largest absolute Gasteiger partial charge is 0.525 e. The van der Waals surface area contributed by atoms with Crippen molar-refractivity contribution < 1.29 is 23.2 Å². The maximum Gasteiger partial charge on any atom is 0.525 e. The van der Waals surface area contributed by atoms with E-state index in [1.807, 2.05) is 27.7 Å². The molecule has 9 heteroatoms. The van der Waals surface area contributed by atoms with Gasteiger partial charge in [-0.3, -0.25) is 0 Å². The highest BCUT2D eigenvalue weighted by molar-refractivity contribution is 6.55. The predicted molar refractivity (Wildman–Crippen MR) is 97.7 cm³/mol. The molecule has 1 aromatic rings. The summed E-state index contributed by atoms with van der Waals surface area (Å²) in [7, 11) is 1.82. The lowest BCUT2D eigenvalue weighted by molar-refractivity contribution is 0.00578. The van der Waals surface area contributed by atoms with Crippen molar-refractivity contribution in [3.05, 3.63) is 39.9 Å². The van der Waals surface area contributed by atoms with Crippen LogP contribution in [0.3, 0.4) is 0 Å². The van der Waals surface area contributed by atoms with Crippen molar-refractivity contribution in [2.45, 2.75) is 38.9 Å². The van der Waals surface area contributed by atoms with E-state index in [1.54, 1.807) is 18.2 Å². The van der Waals surface area contributed by atoms with Crippen molar-refractivity contribution in [3.63, 3.8) is 0 Å². The molecule has 0 bridgehead atoms. The van der Waals surface area contributed by atoms with Crippen LogP contribution in [0.15, 0.2) is 29.0 Å². The molecule has 0 spiro atoms. The molecular formula is C17H23BFN3O4. The number of ether oxygens (including phenoxy) is 2. The number of rotatable bonds is 6. The second-order valence-corrected chi connectivity index (χ2v) is 6.87. The Hall–Kier alpha value is -2.22. The Morgan fingerprint density at radius 2 is 1.73 bits per heavy atom. The number of nitrogens with zero attached hydrogens (tertiary/aromatic N) is 3. The van der Waals surface area contributed by atoms with Crippen molar-refractivity contribution in [3.8, 4) is 11.5 Å². The van der Waals surface area contributed by atoms with E-state index in [0.29, 0.717) is 17.1 Å². The van der Waals surface area contributed by atoms with Crippen LogP contribution in [0.1, 0.15) is 33.3 Å². The van der Waals surface area contributed by atoms with Crippen LogP contribution in [0.2, 0.25) is 0 Å². The van der Waals surface area contributed by atoms with Gasteiger partial charge in [0, 0.05) is 4.91 Å². The molecule has 26 heavy (non-hydrogen) atoms. The lowest BCUT2D eigenvalue weighted by Gasteiger charge is -2.32. The first-order chi connectivity index (χ1) is 12.2. The number of azide groups is 1. The summed E-state index contributed by atoms with van der Waals surface area (Å²) in [5, 5.41) is 3.51. The zero-order chi connectivity index (χ0) is 19.5. The van der Waals surface area contributed by atoms with E-state index in [1.165, 1.54) is 14.2 Å². The van der Waals surface area contributed by atoms with Gasteiger partial charge in [0.05, 0.1) is 32.0 Å². The fraction of sp³-hybridized carbons (Fsp3) is 0.529. The van der Waals surface area contributed by atoms with Crippen LogP contribution in [-0.2, 0) is 9.31 Å². The molecule has 0 aromatic heterocycles. The van der Waals surface area contributed by atoms with E-state index in [0.717, 1.165) is 0 Å². The molecule has 0 aliphatic carbocycles. The molecule has 2 rings (SSSR count). The monoisotopic (exact) mass is 363 g/mol. The van der Waals surface area contributed by atoms with Crippen LogP contribution in [-0.4, -0.2) is 39.1 Å². The molecule has 0 atom stereocenters. The Morgan fingerprint density at radius 3 is 2.23 bits per heavy atom. The number of hydrogen-bond acceptors (Lipinski definition) is 5. The molecule has 1 saturated heterocycles. The Labute approximate surface area is 152 Å². The average Bonchev–Trinajstić information content (AvgIpc) is 2.82. The summed E-state index contributed by atoms with van der Waals surface area (Å²) in [5.74, 6) is 0.945. The van der Waals surface area contributed by atoms with Gasteiger partial charge in [0.25, 0.3) is 0 Å². The van der Waals surface area contributed by atoms with Crippen molar-refractivity contribution in [2.24, 2.45) is 5.11 Å². The highest BCUT2D eigenvalue weighted by Crippen LogP contribution is 2.41. The minimum Gasteiger partial charge on any atom is -0.493 e. The van der Waals surface area contributed by atoms with Gasteiger partial charge in [0.1, 0.15) is 5.73 Å². The minimum absolute atomic E-state index is 0.169. The third-order valence-corrected chi connectivity index (χ3v) is 4.77. The summed E-state index contributed by atoms with van der Waals surface area (Å²) in [6.45, 7) is 7.16. The lowest BCUT2D eigenvalue weighted by atomic mass is 9.82. The highest BCUT2D eigenvalue weighted by Gasteiger charge is 2.53. The van der Waals surface area contributed by atoms with Gasteiger partial charge >= 0.3 is 7.12 Å². The van der Waals surface area contributed by atoms with Crippen LogP contribution < -0.4 is 9.47 Å². The normalized spacial score (nSPS) is 18.8. The molecule has 0 amide bonds. The number of methoxy groups -OCH3 is 2. The summed E-state index contributed by atoms with van der Waals surface area (Å²) in [6, 6.07) is 4.93. The highest BCUT2D eigenvalue weighted by atomic mass is 19.1. The van der Waals surface area contributed by atoms with E-state index >= 15 is 4.39 Å². The Morgan fingerprint density at radius 1 is 1.15 bits per heavy atom. The second kappa shape index (κ2) is 7.57. The first kappa shape index (κ1) is 20.1. The summed E-state index contributed by atoms with van der Waals surface area (Å²) >= 11 is 0. The summed E-state index contributed by atoms with van der Waals surface area (Å²) < 4.78 is 37.3. The van der Waals surface area contributed by atoms with E-state index in [9.17, 15) is 0 Å². The Kier molecular flexibility index (Phi) is 5.86. The molecule has 0 radical (unpaired) electrons. The minimum atomic E-state index is -1.18. The SMILES string of the molecule is COc1ccc(C(CN=[N+]=[N-])=C(F)B2OC(C)(C)C(C)(C)O2)cc1OC. The van der Waals surface area contributed by atoms with Gasteiger partial charge in [-0.05, 0) is 56.5 Å². The van der Waals surface area contributed by atoms with Crippen LogP contribution in [0.5, 0.6) is 11.5 Å². The van der Waals surface area contributed by atoms with Crippen molar-refractivity contribution in [1.82, 2.24) is 0 Å². The van der Waals surface area contributed by atoms with Crippen LogP contribution >= 0.6 is 0 Å². The summed E-state index contributed by atoms with van der Waals surface area (Å²) in [4.78, 5) is 2.73. The summed E-state index contributed by atoms with van der Waals surface area (Å²) in [6.07, 6.45) is 0. The van der Waals surface area contributed by atoms with Gasteiger partial charge in [0.15, 0.2) is 11.5 Å². The van der Waals surface area contributed by atoms with Gasteiger partial charge in [-0.15, -0.1) is 0 Å². The van der Waals surface area contributed by atoms with Crippen molar-refractivity contribution in [2.75, 3.05) is 20.8 Å². The van der Waals surface area contributed by atoms with E-state index in [4.69, 9.17) is 24.3 Å². The molecule has 1 fully saturated rings. The molecule has 1 aromatic carbocycles. The molecule has 1 aliphatic heterocycles. The molecule has 0 N–H and O–H groups in total. The van der Waals surface area contributed by atoms with Crippen molar-refractivity contribution >= 4 is 12.7 Å². The first-order valence-corrected chi connectivity index (χ1v) is 8.14. The number of hydrogen-bond donors (Lipinski definition) is 0. The fourth-order valence-electron chi connectivity index (χ4n) is 2.52. The van der Waals surface area contributed by atoms with E-state index in [-0.39, 0.29) is 12.1 Å². The molecule has 1 aliphatic rings. The van der Waals surface area contributed by atoms with Gasteiger partial charge in [0.2, 0.25) is 0 Å². The van der Waals surface area contributed by atoms with Crippen LogP contribution in [0.4, 0.5) is 4.39 Å². The number of benzene rings is 1. The van der Waals surface area contributed by atoms with Crippen molar-refractivity contribution in [1.29, 1.82) is 0 Å². The lowest BCUT2D eigenvalue weighted by Crippen LogP contribution is -2.41. The van der Waals surface area contributed by atoms with E-state index in [2.05, 4.69) is 10.0 Å². The molecule has 1 heterocycles. The van der Waals surface area contributed by atoms with Gasteiger partial charge in [-0.1, -0.05) is 11.2 Å². The third kappa shape index (κ3) is 3.80. The first-order valence-electron chi connectivity index (χ1n) is 8.14. The van der Waals surface area contributed by atoms with E-state index < -0.39 is 24.0 Å². The third-order valence-electron chi connectivity index (χ3n) is 4.77. The molecular weight excluding hydrogens is 340 g/mol. The maximum absolute atomic E-state index is 15.3. The van der Waals surface area contributed by atoms with Gasteiger partial charge in [-0.25, -0.2) is 4.39 Å². The van der Waals surface area contributed by atoms with Gasteiger partial charge in [-0.2, -0.15) is 0 Å². The maximum atomic E-state index is 15.3. The molecule has 7 nitrogen and oxygen atoms in total. The van der Waals surface area contributed by atoms with Gasteiger partial charge < -0.3 is 18.8 Å². The molecule has 140 valence electrons. The fourth-order valence-corrected chi connectivity index (χ4v) is 2.52. The van der Waals surface area contributed by atoms with Crippen LogP contribution in [0.25, 0.3) is 16.0 Å². The van der Waals surface area contributed by atoms with Crippen LogP contribution in [0, 0.1) is 0 Å². The second-order valence-electron chi connectivity index (χ2n) is 6.87. The number of halogens is 1. The standard InChI is InChI=1S/C17H23BFN3O4/c1-16(2)17(3,4)26-18(25-16)15(19)12(10-21-22-20)11-7-8-13(23-5)14(9-11)24-6/h7-9H,10H2,1-6H3. The Balaban J connectivity index is 2.50. The zero-order valence-electron chi connectivity index (χ0n) is 15.9. The Bertz CT molecular complexity index is 744. The zero-order valence-corrected chi connectivity index (χ0v) is 15.9. The average molecular weight is 363 g/mol.